The highest BCUT2D eigenvalue weighted by atomic mass is 16.6. The number of fused-ring (bicyclic) bond motifs is 1. The summed E-state index contributed by atoms with van der Waals surface area (Å²) in [6, 6.07) is 7.28. The van der Waals surface area contributed by atoms with Crippen LogP contribution in [-0.2, 0) is 46.5 Å². The van der Waals surface area contributed by atoms with Crippen LogP contribution >= 0.6 is 0 Å². The molecule has 16 nitrogen and oxygen atoms in total. The van der Waals surface area contributed by atoms with Gasteiger partial charge in [0.25, 0.3) is 0 Å². The number of ether oxygens (including phenoxy) is 5. The SMILES string of the molecule is CC(NCCCCC(N)C(=O)NCCOCCOCCOCCOCc1ccc(COc2nc(N)nc3[nH]cnc23)cc1)=C1C(=O)CC(C)(C)CC1=O. The molecule has 0 bridgehead atoms. The third kappa shape index (κ3) is 14.1. The molecule has 7 N–H and O–H groups in total. The molecule has 0 spiro atoms. The Bertz CT molecular complexity index is 1640. The Morgan fingerprint density at radius 1 is 0.849 bits per heavy atom. The van der Waals surface area contributed by atoms with E-state index in [0.29, 0.717) is 120 Å². The Hall–Kier alpha value is -4.48. The third-order valence-corrected chi connectivity index (χ3v) is 8.47. The van der Waals surface area contributed by atoms with E-state index in [1.807, 2.05) is 38.1 Å². The average Bonchev–Trinajstić information content (AvgIpc) is 3.58. The number of carbonyl (C=O) groups excluding carboxylic acids is 3. The van der Waals surface area contributed by atoms with Crippen molar-refractivity contribution in [3.05, 3.63) is 53.0 Å². The number of imidazole rings is 1. The zero-order chi connectivity index (χ0) is 38.1. The standard InChI is InChI=1S/C37H54N8O8/c1-25(31-29(46)20-37(2,3)21-30(31)47)40-11-5-4-6-28(38)34(48)41-12-13-49-14-15-50-16-17-51-18-19-52-22-26-7-9-27(10-8-26)23-53-35-32-33(43-24-42-32)44-36(39)45-35/h7-10,24,28,40H,4-6,11-23,38H2,1-3H3,(H,41,48)(H3,39,42,43,44,45). The van der Waals surface area contributed by atoms with Gasteiger partial charge in [0.2, 0.25) is 17.7 Å². The average molecular weight is 739 g/mol. The van der Waals surface area contributed by atoms with Crippen LogP contribution in [0.15, 0.2) is 41.9 Å². The van der Waals surface area contributed by atoms with Gasteiger partial charge in [0.1, 0.15) is 6.61 Å². The first-order chi connectivity index (χ1) is 25.5. The molecule has 1 aromatic carbocycles. The number of Topliss-reactive ketones (excluding diaryl/α,β-unsaturated/α-hetero) is 2. The molecular weight excluding hydrogens is 684 g/mol. The van der Waals surface area contributed by atoms with Crippen LogP contribution in [0.3, 0.4) is 0 Å². The molecule has 1 atom stereocenters. The molecule has 2 heterocycles. The molecule has 4 rings (SSSR count). The highest BCUT2D eigenvalue weighted by Gasteiger charge is 2.36. The molecule has 3 aromatic rings. The van der Waals surface area contributed by atoms with E-state index >= 15 is 0 Å². The van der Waals surface area contributed by atoms with Crippen molar-refractivity contribution in [2.45, 2.75) is 72.1 Å². The summed E-state index contributed by atoms with van der Waals surface area (Å²) in [5.74, 6) is 0.0300. The summed E-state index contributed by atoms with van der Waals surface area (Å²) in [5.41, 5.74) is 15.5. The summed E-state index contributed by atoms with van der Waals surface area (Å²) in [6.07, 6.45) is 4.30. The number of rotatable bonds is 24. The second kappa shape index (κ2) is 21.3. The van der Waals surface area contributed by atoms with Crippen molar-refractivity contribution in [3.8, 4) is 5.88 Å². The van der Waals surface area contributed by atoms with E-state index in [4.69, 9.17) is 35.2 Å². The van der Waals surface area contributed by atoms with Gasteiger partial charge in [-0.2, -0.15) is 9.97 Å². The number of benzene rings is 1. The lowest BCUT2D eigenvalue weighted by molar-refractivity contribution is -0.127. The zero-order valence-electron chi connectivity index (χ0n) is 31.0. The lowest BCUT2D eigenvalue weighted by atomic mass is 9.73. The number of aromatic nitrogens is 4. The van der Waals surface area contributed by atoms with Crippen LogP contribution in [0.2, 0.25) is 0 Å². The molecule has 2 aromatic heterocycles. The third-order valence-electron chi connectivity index (χ3n) is 8.47. The number of anilines is 1. The summed E-state index contributed by atoms with van der Waals surface area (Å²) in [6.45, 7) is 10.3. The molecule has 0 aliphatic heterocycles. The first-order valence-electron chi connectivity index (χ1n) is 18.0. The molecule has 1 unspecified atom stereocenters. The van der Waals surface area contributed by atoms with E-state index in [9.17, 15) is 14.4 Å². The summed E-state index contributed by atoms with van der Waals surface area (Å²) >= 11 is 0. The number of unbranched alkanes of at least 4 members (excludes halogenated alkanes) is 1. The maximum Gasteiger partial charge on any atom is 0.247 e. The highest BCUT2D eigenvalue weighted by Crippen LogP contribution is 2.34. The minimum Gasteiger partial charge on any atom is -0.471 e. The van der Waals surface area contributed by atoms with Crippen LogP contribution in [0.4, 0.5) is 5.95 Å². The quantitative estimate of drug-likeness (QED) is 0.0506. The van der Waals surface area contributed by atoms with Gasteiger partial charge >= 0.3 is 0 Å². The molecule has 290 valence electrons. The van der Waals surface area contributed by atoms with E-state index in [1.54, 1.807) is 6.92 Å². The van der Waals surface area contributed by atoms with E-state index in [1.165, 1.54) is 6.33 Å². The largest absolute Gasteiger partial charge is 0.471 e. The van der Waals surface area contributed by atoms with Gasteiger partial charge in [-0.25, -0.2) is 4.98 Å². The summed E-state index contributed by atoms with van der Waals surface area (Å²) in [5, 5.41) is 5.98. The first kappa shape index (κ1) is 41.3. The van der Waals surface area contributed by atoms with Gasteiger partial charge in [-0.15, -0.1) is 0 Å². The van der Waals surface area contributed by atoms with Crippen molar-refractivity contribution in [2.24, 2.45) is 11.1 Å². The van der Waals surface area contributed by atoms with Crippen molar-refractivity contribution in [1.82, 2.24) is 30.6 Å². The van der Waals surface area contributed by atoms with Gasteiger partial charge in [-0.3, -0.25) is 14.4 Å². The number of carbonyl (C=O) groups is 3. The van der Waals surface area contributed by atoms with Crippen molar-refractivity contribution in [3.63, 3.8) is 0 Å². The minimum absolute atomic E-state index is 0.0978. The predicted molar refractivity (Wildman–Crippen MR) is 198 cm³/mol. The van der Waals surface area contributed by atoms with Crippen LogP contribution in [0, 0.1) is 5.41 Å². The fraction of sp³-hybridized carbons (Fsp3) is 0.568. The Morgan fingerprint density at radius 3 is 2.11 bits per heavy atom. The Balaban J connectivity index is 0.914. The summed E-state index contributed by atoms with van der Waals surface area (Å²) in [4.78, 5) is 52.4. The maximum atomic E-state index is 12.4. The van der Waals surface area contributed by atoms with Gasteiger partial charge < -0.3 is 50.8 Å². The van der Waals surface area contributed by atoms with E-state index in [-0.39, 0.29) is 28.8 Å². The molecule has 1 fully saturated rings. The fourth-order valence-corrected chi connectivity index (χ4v) is 5.70. The number of aromatic amines is 1. The molecule has 16 heteroatoms. The van der Waals surface area contributed by atoms with E-state index < -0.39 is 6.04 Å². The van der Waals surface area contributed by atoms with Gasteiger partial charge in [-0.1, -0.05) is 38.1 Å². The van der Waals surface area contributed by atoms with Crippen LogP contribution in [0.25, 0.3) is 11.2 Å². The zero-order valence-corrected chi connectivity index (χ0v) is 31.0. The van der Waals surface area contributed by atoms with Crippen molar-refractivity contribution in [1.29, 1.82) is 0 Å². The van der Waals surface area contributed by atoms with Crippen molar-refractivity contribution >= 4 is 34.6 Å². The molecule has 1 aliphatic rings. The number of hydrogen-bond acceptors (Lipinski definition) is 14. The minimum atomic E-state index is -0.613. The monoisotopic (exact) mass is 738 g/mol. The summed E-state index contributed by atoms with van der Waals surface area (Å²) in [7, 11) is 0. The normalized spacial score (nSPS) is 14.8. The number of allylic oxidation sites excluding steroid dienone is 2. The molecule has 0 radical (unpaired) electrons. The smallest absolute Gasteiger partial charge is 0.247 e. The number of H-pyrrole nitrogens is 1. The molecule has 53 heavy (non-hydrogen) atoms. The second-order valence-corrected chi connectivity index (χ2v) is 13.7. The fourth-order valence-electron chi connectivity index (χ4n) is 5.70. The predicted octanol–water partition coefficient (Wildman–Crippen LogP) is 2.52. The number of amides is 1. The van der Waals surface area contributed by atoms with E-state index in [2.05, 4.69) is 30.6 Å². The van der Waals surface area contributed by atoms with Crippen LogP contribution < -0.4 is 26.8 Å². The van der Waals surface area contributed by atoms with Crippen LogP contribution in [0.1, 0.15) is 64.0 Å². The van der Waals surface area contributed by atoms with Crippen LogP contribution in [0.5, 0.6) is 5.88 Å². The Kier molecular flexibility index (Phi) is 16.6. The molecule has 1 saturated carbocycles. The number of ketones is 2. The van der Waals surface area contributed by atoms with Crippen molar-refractivity contribution in [2.75, 3.05) is 65.1 Å². The second-order valence-electron chi connectivity index (χ2n) is 13.7. The molecular formula is C37H54N8O8. The number of hydrogen-bond donors (Lipinski definition) is 5. The lowest BCUT2D eigenvalue weighted by Crippen LogP contribution is -2.41. The van der Waals surface area contributed by atoms with E-state index in [0.717, 1.165) is 24.0 Å². The number of nitrogens with one attached hydrogen (secondary N) is 3. The first-order valence-corrected chi connectivity index (χ1v) is 18.0. The number of nitrogen functional groups attached to an aromatic ring is 1. The topological polar surface area (TPSA) is 228 Å². The van der Waals surface area contributed by atoms with Crippen molar-refractivity contribution < 1.29 is 38.1 Å². The van der Waals surface area contributed by atoms with Gasteiger partial charge in [0, 0.05) is 31.6 Å². The van der Waals surface area contributed by atoms with Crippen LogP contribution in [-0.4, -0.2) is 103 Å². The van der Waals surface area contributed by atoms with Gasteiger partial charge in [0.05, 0.1) is 70.8 Å². The number of nitrogens with zero attached hydrogens (tertiary/aromatic N) is 3. The molecule has 1 amide bonds. The highest BCUT2D eigenvalue weighted by molar-refractivity contribution is 6.22. The Labute approximate surface area is 310 Å². The number of nitrogens with two attached hydrogens (primary N) is 2. The molecule has 0 saturated heterocycles. The van der Waals surface area contributed by atoms with Gasteiger partial charge in [0.15, 0.2) is 22.7 Å². The lowest BCUT2D eigenvalue weighted by Gasteiger charge is -2.29. The Morgan fingerprint density at radius 2 is 1.45 bits per heavy atom. The maximum absolute atomic E-state index is 12.4. The molecule has 1 aliphatic carbocycles. The van der Waals surface area contributed by atoms with Gasteiger partial charge in [-0.05, 0) is 42.7 Å². The summed E-state index contributed by atoms with van der Waals surface area (Å²) < 4.78 is 28.1.